The number of nitrogens with one attached hydrogen (secondary N) is 1. The number of primary amides is 1. The number of methoxy groups -OCH3 is 1. The molecule has 2 rings (SSSR count). The van der Waals surface area contributed by atoms with Gasteiger partial charge in [0.1, 0.15) is 0 Å². The summed E-state index contributed by atoms with van der Waals surface area (Å²) in [6.07, 6.45) is -4.58. The second-order valence-electron chi connectivity index (χ2n) is 5.19. The summed E-state index contributed by atoms with van der Waals surface area (Å²) in [4.78, 5) is 25.3. The zero-order valence-electron chi connectivity index (χ0n) is 13.3. The predicted molar refractivity (Wildman–Crippen MR) is 82.7 cm³/mol. The van der Waals surface area contributed by atoms with Crippen LogP contribution in [0.25, 0.3) is 0 Å². The fourth-order valence-electron chi connectivity index (χ4n) is 2.42. The molecule has 0 saturated heterocycles. The minimum atomic E-state index is -4.58. The number of nitrogens with zero attached hydrogens (tertiary/aromatic N) is 2. The molecule has 134 valence electrons. The van der Waals surface area contributed by atoms with Crippen molar-refractivity contribution in [2.45, 2.75) is 13.1 Å². The molecule has 0 radical (unpaired) electrons. The second-order valence-corrected chi connectivity index (χ2v) is 5.19. The van der Waals surface area contributed by atoms with E-state index in [1.165, 1.54) is 19.1 Å². The lowest BCUT2D eigenvalue weighted by Crippen LogP contribution is -2.54. The first kappa shape index (κ1) is 18.3. The zero-order chi connectivity index (χ0) is 18.9. The number of esters is 1. The first-order valence-corrected chi connectivity index (χ1v) is 6.99. The largest absolute Gasteiger partial charge is 0.466 e. The van der Waals surface area contributed by atoms with E-state index in [9.17, 15) is 22.8 Å². The van der Waals surface area contributed by atoms with Gasteiger partial charge >= 0.3 is 18.2 Å². The third-order valence-corrected chi connectivity index (χ3v) is 3.69. The van der Waals surface area contributed by atoms with Gasteiger partial charge in [0.25, 0.3) is 0 Å². The van der Waals surface area contributed by atoms with Gasteiger partial charge in [0, 0.05) is 11.4 Å². The second kappa shape index (κ2) is 6.46. The van der Waals surface area contributed by atoms with Gasteiger partial charge in [0.05, 0.1) is 24.8 Å². The minimum Gasteiger partial charge on any atom is -0.466 e. The molecule has 0 atom stereocenters. The number of anilines is 1. The monoisotopic (exact) mass is 356 g/mol. The number of alkyl halides is 3. The maximum absolute atomic E-state index is 13.0. The van der Waals surface area contributed by atoms with Crippen LogP contribution in [-0.2, 0) is 15.7 Å². The summed E-state index contributed by atoms with van der Waals surface area (Å²) >= 11 is 0. The maximum atomic E-state index is 13.0. The fourth-order valence-corrected chi connectivity index (χ4v) is 2.42. The number of nitrogens with two attached hydrogens (primary N) is 1. The predicted octanol–water partition coefficient (Wildman–Crippen LogP) is 2.29. The Morgan fingerprint density at radius 1 is 1.32 bits per heavy atom. The van der Waals surface area contributed by atoms with E-state index in [2.05, 4.69) is 4.74 Å². The molecule has 0 aromatic heterocycles. The number of amides is 2. The van der Waals surface area contributed by atoms with Crippen molar-refractivity contribution >= 4 is 23.6 Å². The SMILES string of the molecule is COC(=O)C1=C(C)N(c2cccc(C(F)(F)F)c2)C(=N)N(C(N)=O)C1. The summed E-state index contributed by atoms with van der Waals surface area (Å²) in [6, 6.07) is 3.17. The smallest absolute Gasteiger partial charge is 0.416 e. The molecule has 0 bridgehead atoms. The lowest BCUT2D eigenvalue weighted by atomic mass is 10.1. The Labute approximate surface area is 140 Å². The highest BCUT2D eigenvalue weighted by molar-refractivity contribution is 6.09. The van der Waals surface area contributed by atoms with Gasteiger partial charge in [-0.1, -0.05) is 6.07 Å². The highest BCUT2D eigenvalue weighted by atomic mass is 19.4. The number of hydrogen-bond acceptors (Lipinski definition) is 4. The van der Waals surface area contributed by atoms with Crippen LogP contribution in [0, 0.1) is 5.41 Å². The molecule has 1 aliphatic rings. The molecular weight excluding hydrogens is 341 g/mol. The molecule has 10 heteroatoms. The standard InChI is InChI=1S/C15H15F3N4O3/c1-8-11(12(23)25-2)7-21(14(20)24)13(19)22(8)10-5-3-4-9(6-10)15(16,17)18/h3-6,19H,7H2,1-2H3,(H2,20,24). The highest BCUT2D eigenvalue weighted by Gasteiger charge is 2.36. The summed E-state index contributed by atoms with van der Waals surface area (Å²) in [5.41, 5.74) is 4.43. The molecular formula is C15H15F3N4O3. The average Bonchev–Trinajstić information content (AvgIpc) is 2.53. The van der Waals surface area contributed by atoms with Gasteiger partial charge in [-0.3, -0.25) is 15.2 Å². The van der Waals surface area contributed by atoms with Crippen molar-refractivity contribution in [1.29, 1.82) is 5.41 Å². The molecule has 0 unspecified atom stereocenters. The number of carbonyl (C=O) groups is 2. The van der Waals surface area contributed by atoms with Gasteiger partial charge in [-0.15, -0.1) is 0 Å². The first-order valence-electron chi connectivity index (χ1n) is 6.99. The van der Waals surface area contributed by atoms with E-state index in [-0.39, 0.29) is 23.5 Å². The Morgan fingerprint density at radius 2 is 1.96 bits per heavy atom. The molecule has 1 aromatic rings. The molecule has 3 N–H and O–H groups in total. The first-order chi connectivity index (χ1) is 11.6. The van der Waals surface area contributed by atoms with Crippen LogP contribution >= 0.6 is 0 Å². The third kappa shape index (κ3) is 3.42. The lowest BCUT2D eigenvalue weighted by Gasteiger charge is -2.37. The van der Waals surface area contributed by atoms with Gasteiger partial charge < -0.3 is 10.5 Å². The minimum absolute atomic E-state index is 0.00899. The number of benzene rings is 1. The van der Waals surface area contributed by atoms with Gasteiger partial charge in [-0.05, 0) is 25.1 Å². The number of ether oxygens (including phenoxy) is 1. The van der Waals surface area contributed by atoms with Crippen molar-refractivity contribution < 1.29 is 27.5 Å². The number of rotatable bonds is 2. The quantitative estimate of drug-likeness (QED) is 0.794. The third-order valence-electron chi connectivity index (χ3n) is 3.69. The molecule has 1 aromatic carbocycles. The van der Waals surface area contributed by atoms with E-state index in [0.717, 1.165) is 29.0 Å². The van der Waals surface area contributed by atoms with Crippen LogP contribution in [0.1, 0.15) is 12.5 Å². The Bertz CT molecular complexity index is 774. The van der Waals surface area contributed by atoms with Crippen molar-refractivity contribution in [2.75, 3.05) is 18.6 Å². The molecule has 0 aliphatic carbocycles. The van der Waals surface area contributed by atoms with Crippen LogP contribution in [0.15, 0.2) is 35.5 Å². The number of urea groups is 1. The van der Waals surface area contributed by atoms with Crippen LogP contribution in [0.4, 0.5) is 23.7 Å². The average molecular weight is 356 g/mol. The lowest BCUT2D eigenvalue weighted by molar-refractivity contribution is -0.138. The zero-order valence-corrected chi connectivity index (χ0v) is 13.3. The summed E-state index contributed by atoms with van der Waals surface area (Å²) in [6.45, 7) is 1.14. The number of allylic oxidation sites excluding steroid dienone is 1. The Morgan fingerprint density at radius 3 is 2.48 bits per heavy atom. The maximum Gasteiger partial charge on any atom is 0.416 e. The topological polar surface area (TPSA) is 99.7 Å². The van der Waals surface area contributed by atoms with Gasteiger partial charge in [-0.2, -0.15) is 13.2 Å². The van der Waals surface area contributed by atoms with E-state index in [4.69, 9.17) is 11.1 Å². The van der Waals surface area contributed by atoms with Crippen molar-refractivity contribution in [3.05, 3.63) is 41.1 Å². The molecule has 7 nitrogen and oxygen atoms in total. The summed E-state index contributed by atoms with van der Waals surface area (Å²) < 4.78 is 43.5. The van der Waals surface area contributed by atoms with Gasteiger partial charge in [0.2, 0.25) is 5.96 Å². The number of halogens is 3. The Kier molecular flexibility index (Phi) is 4.73. The van der Waals surface area contributed by atoms with Crippen molar-refractivity contribution in [3.8, 4) is 0 Å². The normalized spacial score (nSPS) is 15.5. The Hall–Kier alpha value is -3.04. The van der Waals surface area contributed by atoms with Crippen molar-refractivity contribution in [1.82, 2.24) is 4.90 Å². The molecule has 0 saturated carbocycles. The van der Waals surface area contributed by atoms with Crippen LogP contribution in [-0.4, -0.2) is 36.5 Å². The molecule has 25 heavy (non-hydrogen) atoms. The molecule has 1 heterocycles. The number of carbonyl (C=O) groups excluding carboxylic acids is 2. The number of guanidine groups is 1. The van der Waals surface area contributed by atoms with Crippen molar-refractivity contribution in [2.24, 2.45) is 5.73 Å². The summed E-state index contributed by atoms with van der Waals surface area (Å²) in [5.74, 6) is -1.23. The van der Waals surface area contributed by atoms with E-state index in [1.54, 1.807) is 0 Å². The highest BCUT2D eigenvalue weighted by Crippen LogP contribution is 2.34. The number of hydrogen-bond donors (Lipinski definition) is 2. The van der Waals surface area contributed by atoms with Crippen LogP contribution in [0.3, 0.4) is 0 Å². The van der Waals surface area contributed by atoms with E-state index >= 15 is 0 Å². The molecule has 0 spiro atoms. The summed E-state index contributed by atoms with van der Waals surface area (Å²) in [7, 11) is 1.13. The molecule has 1 aliphatic heterocycles. The van der Waals surface area contributed by atoms with Crippen molar-refractivity contribution in [3.63, 3.8) is 0 Å². The van der Waals surface area contributed by atoms with Gasteiger partial charge in [-0.25, -0.2) is 9.59 Å². The van der Waals surface area contributed by atoms with Crippen LogP contribution in [0.2, 0.25) is 0 Å². The van der Waals surface area contributed by atoms with E-state index < -0.39 is 29.7 Å². The molecule has 0 fully saturated rings. The van der Waals surface area contributed by atoms with E-state index in [1.807, 2.05) is 0 Å². The van der Waals surface area contributed by atoms with Crippen LogP contribution < -0.4 is 10.6 Å². The molecule has 2 amide bonds. The summed E-state index contributed by atoms with van der Waals surface area (Å²) in [5, 5.41) is 8.10. The van der Waals surface area contributed by atoms with Crippen LogP contribution in [0.5, 0.6) is 0 Å². The van der Waals surface area contributed by atoms with E-state index in [0.29, 0.717) is 0 Å². The van der Waals surface area contributed by atoms with Gasteiger partial charge in [0.15, 0.2) is 0 Å². The Balaban J connectivity index is 2.61. The fraction of sp³-hybridized carbons (Fsp3) is 0.267.